The molecular formula is C18H21N3O2. The molecule has 0 saturated carbocycles. The average molecular weight is 311 g/mol. The number of nitrogens with one attached hydrogen (secondary N) is 2. The van der Waals surface area contributed by atoms with E-state index >= 15 is 0 Å². The highest BCUT2D eigenvalue weighted by Gasteiger charge is 2.14. The van der Waals surface area contributed by atoms with Crippen molar-refractivity contribution in [2.24, 2.45) is 5.73 Å². The summed E-state index contributed by atoms with van der Waals surface area (Å²) < 4.78 is 0. The van der Waals surface area contributed by atoms with E-state index in [0.29, 0.717) is 6.54 Å². The van der Waals surface area contributed by atoms with E-state index in [0.717, 1.165) is 16.7 Å². The SMILES string of the molecule is NC[C@H](NCc1ccc(C=Cc2ccccc2)cc1)C(=O)NO. The van der Waals surface area contributed by atoms with E-state index < -0.39 is 11.9 Å². The lowest BCUT2D eigenvalue weighted by Crippen LogP contribution is -2.47. The van der Waals surface area contributed by atoms with Crippen molar-refractivity contribution in [1.82, 2.24) is 10.8 Å². The van der Waals surface area contributed by atoms with Crippen LogP contribution in [0.5, 0.6) is 0 Å². The zero-order valence-corrected chi connectivity index (χ0v) is 12.8. The van der Waals surface area contributed by atoms with Gasteiger partial charge in [-0.05, 0) is 16.7 Å². The van der Waals surface area contributed by atoms with Gasteiger partial charge in [0.25, 0.3) is 5.91 Å². The fourth-order valence-corrected chi connectivity index (χ4v) is 2.11. The summed E-state index contributed by atoms with van der Waals surface area (Å²) in [4.78, 5) is 11.3. The van der Waals surface area contributed by atoms with Gasteiger partial charge in [-0.15, -0.1) is 0 Å². The first-order valence-electron chi connectivity index (χ1n) is 7.42. The summed E-state index contributed by atoms with van der Waals surface area (Å²) in [5.41, 5.74) is 10.4. The summed E-state index contributed by atoms with van der Waals surface area (Å²) in [7, 11) is 0. The van der Waals surface area contributed by atoms with E-state index in [-0.39, 0.29) is 6.54 Å². The lowest BCUT2D eigenvalue weighted by Gasteiger charge is -2.14. The molecule has 0 heterocycles. The van der Waals surface area contributed by atoms with Crippen LogP contribution in [-0.4, -0.2) is 23.7 Å². The van der Waals surface area contributed by atoms with Gasteiger partial charge in [-0.2, -0.15) is 0 Å². The van der Waals surface area contributed by atoms with Gasteiger partial charge < -0.3 is 11.1 Å². The van der Waals surface area contributed by atoms with Crippen molar-refractivity contribution in [2.75, 3.05) is 6.54 Å². The van der Waals surface area contributed by atoms with Crippen molar-refractivity contribution in [2.45, 2.75) is 12.6 Å². The number of carbonyl (C=O) groups is 1. The number of hydroxylamine groups is 1. The molecule has 0 spiro atoms. The van der Waals surface area contributed by atoms with Gasteiger partial charge in [0.2, 0.25) is 0 Å². The zero-order valence-electron chi connectivity index (χ0n) is 12.8. The molecule has 2 aromatic rings. The van der Waals surface area contributed by atoms with Gasteiger partial charge in [-0.25, -0.2) is 5.48 Å². The van der Waals surface area contributed by atoms with Gasteiger partial charge in [0.15, 0.2) is 0 Å². The maximum absolute atomic E-state index is 11.3. The van der Waals surface area contributed by atoms with Crippen LogP contribution in [0.25, 0.3) is 12.2 Å². The molecule has 0 fully saturated rings. The van der Waals surface area contributed by atoms with E-state index in [9.17, 15) is 4.79 Å². The Balaban J connectivity index is 1.92. The predicted molar refractivity (Wildman–Crippen MR) is 91.4 cm³/mol. The maximum atomic E-state index is 11.3. The fraction of sp³-hybridized carbons (Fsp3) is 0.167. The van der Waals surface area contributed by atoms with Gasteiger partial charge in [0, 0.05) is 13.1 Å². The molecule has 5 nitrogen and oxygen atoms in total. The Hall–Kier alpha value is -2.47. The smallest absolute Gasteiger partial charge is 0.261 e. The summed E-state index contributed by atoms with van der Waals surface area (Å²) >= 11 is 0. The molecule has 0 saturated heterocycles. The zero-order chi connectivity index (χ0) is 16.5. The van der Waals surface area contributed by atoms with Crippen LogP contribution in [0.1, 0.15) is 16.7 Å². The molecule has 1 atom stereocenters. The van der Waals surface area contributed by atoms with Crippen LogP contribution in [-0.2, 0) is 11.3 Å². The molecule has 0 bridgehead atoms. The molecule has 1 amide bonds. The Labute approximate surface area is 135 Å². The topological polar surface area (TPSA) is 87.4 Å². The number of carbonyl (C=O) groups excluding carboxylic acids is 1. The van der Waals surface area contributed by atoms with E-state index in [1.165, 1.54) is 0 Å². The third-order valence-corrected chi connectivity index (χ3v) is 3.46. The van der Waals surface area contributed by atoms with Crippen molar-refractivity contribution >= 4 is 18.1 Å². The number of rotatable bonds is 7. The summed E-state index contributed by atoms with van der Waals surface area (Å²) in [5.74, 6) is -0.532. The van der Waals surface area contributed by atoms with Gasteiger partial charge in [0.05, 0.1) is 0 Å². The molecule has 0 aliphatic heterocycles. The number of hydrogen-bond donors (Lipinski definition) is 4. The normalized spacial score (nSPS) is 12.3. The van der Waals surface area contributed by atoms with E-state index in [1.54, 1.807) is 5.48 Å². The van der Waals surface area contributed by atoms with E-state index in [2.05, 4.69) is 17.5 Å². The summed E-state index contributed by atoms with van der Waals surface area (Å²) in [5, 5.41) is 11.6. The van der Waals surface area contributed by atoms with Crippen LogP contribution in [0.2, 0.25) is 0 Å². The second-order valence-corrected chi connectivity index (χ2v) is 5.13. The van der Waals surface area contributed by atoms with Crippen LogP contribution in [0.15, 0.2) is 54.6 Å². The first-order valence-corrected chi connectivity index (χ1v) is 7.42. The Bertz CT molecular complexity index is 639. The third-order valence-electron chi connectivity index (χ3n) is 3.46. The minimum absolute atomic E-state index is 0.115. The van der Waals surface area contributed by atoms with Crippen LogP contribution in [0.3, 0.4) is 0 Å². The number of nitrogens with two attached hydrogens (primary N) is 1. The summed E-state index contributed by atoms with van der Waals surface area (Å²) in [6, 6.07) is 17.5. The van der Waals surface area contributed by atoms with Gasteiger partial charge in [-0.1, -0.05) is 66.7 Å². The first kappa shape index (κ1) is 16.9. The first-order chi connectivity index (χ1) is 11.2. The third kappa shape index (κ3) is 5.34. The van der Waals surface area contributed by atoms with Crippen LogP contribution >= 0.6 is 0 Å². The molecule has 5 N–H and O–H groups in total. The van der Waals surface area contributed by atoms with Crippen molar-refractivity contribution in [1.29, 1.82) is 0 Å². The molecular weight excluding hydrogens is 290 g/mol. The van der Waals surface area contributed by atoms with Gasteiger partial charge in [-0.3, -0.25) is 10.0 Å². The average Bonchev–Trinajstić information content (AvgIpc) is 2.62. The second-order valence-electron chi connectivity index (χ2n) is 5.13. The fourth-order valence-electron chi connectivity index (χ4n) is 2.11. The summed E-state index contributed by atoms with van der Waals surface area (Å²) in [6.07, 6.45) is 4.11. The highest BCUT2D eigenvalue weighted by molar-refractivity contribution is 5.80. The highest BCUT2D eigenvalue weighted by Crippen LogP contribution is 2.10. The monoisotopic (exact) mass is 311 g/mol. The minimum atomic E-state index is -0.613. The van der Waals surface area contributed by atoms with Crippen molar-refractivity contribution < 1.29 is 10.0 Å². The second kappa shape index (κ2) is 8.85. The van der Waals surface area contributed by atoms with Crippen LogP contribution in [0.4, 0.5) is 0 Å². The van der Waals surface area contributed by atoms with Gasteiger partial charge in [0.1, 0.15) is 6.04 Å². The largest absolute Gasteiger partial charge is 0.328 e. The molecule has 2 rings (SSSR count). The lowest BCUT2D eigenvalue weighted by molar-refractivity contribution is -0.131. The predicted octanol–water partition coefficient (Wildman–Crippen LogP) is 1.78. The minimum Gasteiger partial charge on any atom is -0.328 e. The van der Waals surface area contributed by atoms with E-state index in [4.69, 9.17) is 10.9 Å². The van der Waals surface area contributed by atoms with Gasteiger partial charge >= 0.3 is 0 Å². The maximum Gasteiger partial charge on any atom is 0.261 e. The number of amides is 1. The molecule has 0 radical (unpaired) electrons. The van der Waals surface area contributed by atoms with Crippen LogP contribution < -0.4 is 16.5 Å². The number of hydrogen-bond acceptors (Lipinski definition) is 4. The standard InChI is InChI=1S/C18H21N3O2/c19-12-17(18(22)21-23)20-13-16-10-8-15(9-11-16)7-6-14-4-2-1-3-5-14/h1-11,17,20,23H,12-13,19H2,(H,21,22)/t17-/m0/s1. The molecule has 0 aliphatic rings. The lowest BCUT2D eigenvalue weighted by atomic mass is 10.1. The Morgan fingerprint density at radius 1 is 1.04 bits per heavy atom. The van der Waals surface area contributed by atoms with Crippen molar-refractivity contribution in [3.05, 3.63) is 71.3 Å². The Kier molecular flexibility index (Phi) is 6.50. The quantitative estimate of drug-likeness (QED) is 0.357. The van der Waals surface area contributed by atoms with E-state index in [1.807, 2.05) is 54.6 Å². The van der Waals surface area contributed by atoms with Crippen molar-refractivity contribution in [3.63, 3.8) is 0 Å². The Morgan fingerprint density at radius 3 is 2.22 bits per heavy atom. The molecule has 23 heavy (non-hydrogen) atoms. The molecule has 2 aromatic carbocycles. The molecule has 0 aliphatic carbocycles. The molecule has 5 heteroatoms. The highest BCUT2D eigenvalue weighted by atomic mass is 16.5. The Morgan fingerprint density at radius 2 is 1.65 bits per heavy atom. The van der Waals surface area contributed by atoms with Crippen molar-refractivity contribution in [3.8, 4) is 0 Å². The molecule has 0 unspecified atom stereocenters. The molecule has 0 aromatic heterocycles. The van der Waals surface area contributed by atoms with Crippen LogP contribution in [0, 0.1) is 0 Å². The summed E-state index contributed by atoms with van der Waals surface area (Å²) in [6.45, 7) is 0.613. The molecule has 120 valence electrons. The number of benzene rings is 2.